The molecule has 0 saturated heterocycles. The third-order valence-corrected chi connectivity index (χ3v) is 4.51. The Bertz CT molecular complexity index is 820. The standard InChI is InChI=1S/C16H16N4S/c1-10-5-4-6-13(7-10)8-19-20-15-14-11(2)12(3)21-16(14)18-9-17-15/h4-9H,1-3H3,(H,17,18,20)/b19-8-. The van der Waals surface area contributed by atoms with Gasteiger partial charge in [-0.2, -0.15) is 5.10 Å². The molecule has 0 bridgehead atoms. The minimum atomic E-state index is 0.755. The Balaban J connectivity index is 1.89. The van der Waals surface area contributed by atoms with Crippen LogP contribution in [0.1, 0.15) is 21.6 Å². The predicted octanol–water partition coefficient (Wildman–Crippen LogP) is 4.06. The van der Waals surface area contributed by atoms with Gasteiger partial charge in [0.2, 0.25) is 0 Å². The monoisotopic (exact) mass is 296 g/mol. The first-order chi connectivity index (χ1) is 10.1. The van der Waals surface area contributed by atoms with E-state index in [2.05, 4.69) is 53.4 Å². The highest BCUT2D eigenvalue weighted by molar-refractivity contribution is 7.18. The number of rotatable bonds is 3. The Kier molecular flexibility index (Phi) is 3.66. The number of nitrogens with one attached hydrogen (secondary N) is 1. The van der Waals surface area contributed by atoms with Gasteiger partial charge in [-0.05, 0) is 31.9 Å². The van der Waals surface area contributed by atoms with Crippen molar-refractivity contribution in [2.24, 2.45) is 5.10 Å². The lowest BCUT2D eigenvalue weighted by atomic mass is 10.2. The Morgan fingerprint density at radius 2 is 2.05 bits per heavy atom. The van der Waals surface area contributed by atoms with Crippen molar-refractivity contribution in [3.63, 3.8) is 0 Å². The van der Waals surface area contributed by atoms with E-state index in [0.29, 0.717) is 0 Å². The maximum atomic E-state index is 4.32. The highest BCUT2D eigenvalue weighted by Gasteiger charge is 2.10. The number of aromatic nitrogens is 2. The fourth-order valence-corrected chi connectivity index (χ4v) is 3.18. The Hall–Kier alpha value is -2.27. The predicted molar refractivity (Wildman–Crippen MR) is 89.3 cm³/mol. The molecule has 21 heavy (non-hydrogen) atoms. The number of anilines is 1. The molecule has 0 aliphatic rings. The summed E-state index contributed by atoms with van der Waals surface area (Å²) >= 11 is 1.68. The zero-order valence-electron chi connectivity index (χ0n) is 12.2. The lowest BCUT2D eigenvalue weighted by Gasteiger charge is -2.02. The number of hydrogen-bond donors (Lipinski definition) is 1. The van der Waals surface area contributed by atoms with Gasteiger partial charge in [-0.25, -0.2) is 9.97 Å². The van der Waals surface area contributed by atoms with E-state index in [-0.39, 0.29) is 0 Å². The highest BCUT2D eigenvalue weighted by Crippen LogP contribution is 2.32. The number of hydrogen-bond acceptors (Lipinski definition) is 5. The minimum absolute atomic E-state index is 0.755. The van der Waals surface area contributed by atoms with Crippen molar-refractivity contribution in [1.29, 1.82) is 0 Å². The van der Waals surface area contributed by atoms with Crippen molar-refractivity contribution in [3.05, 3.63) is 52.2 Å². The lowest BCUT2D eigenvalue weighted by Crippen LogP contribution is -1.95. The van der Waals surface area contributed by atoms with Gasteiger partial charge < -0.3 is 0 Å². The summed E-state index contributed by atoms with van der Waals surface area (Å²) in [6.07, 6.45) is 3.37. The molecular weight excluding hydrogens is 280 g/mol. The van der Waals surface area contributed by atoms with E-state index >= 15 is 0 Å². The average Bonchev–Trinajstić information content (AvgIpc) is 2.75. The third-order valence-electron chi connectivity index (χ3n) is 3.39. The van der Waals surface area contributed by atoms with Gasteiger partial charge >= 0.3 is 0 Å². The quantitative estimate of drug-likeness (QED) is 0.585. The van der Waals surface area contributed by atoms with Crippen molar-refractivity contribution in [2.45, 2.75) is 20.8 Å². The molecule has 0 radical (unpaired) electrons. The molecule has 5 heteroatoms. The van der Waals surface area contributed by atoms with Crippen LogP contribution in [0, 0.1) is 20.8 Å². The average molecular weight is 296 g/mol. The van der Waals surface area contributed by atoms with Crippen LogP contribution >= 0.6 is 11.3 Å². The van der Waals surface area contributed by atoms with E-state index in [1.165, 1.54) is 16.0 Å². The molecule has 4 nitrogen and oxygen atoms in total. The van der Waals surface area contributed by atoms with Crippen molar-refractivity contribution >= 4 is 33.6 Å². The summed E-state index contributed by atoms with van der Waals surface area (Å²) < 4.78 is 0. The van der Waals surface area contributed by atoms with Crippen molar-refractivity contribution in [3.8, 4) is 0 Å². The molecule has 0 unspecified atom stereocenters. The molecule has 0 fully saturated rings. The Morgan fingerprint density at radius 1 is 1.19 bits per heavy atom. The van der Waals surface area contributed by atoms with Gasteiger partial charge in [-0.15, -0.1) is 11.3 Å². The second kappa shape index (κ2) is 5.61. The normalized spacial score (nSPS) is 11.4. The van der Waals surface area contributed by atoms with Crippen LogP contribution in [0.15, 0.2) is 35.7 Å². The lowest BCUT2D eigenvalue weighted by molar-refractivity contribution is 1.19. The van der Waals surface area contributed by atoms with Gasteiger partial charge in [0, 0.05) is 4.88 Å². The summed E-state index contributed by atoms with van der Waals surface area (Å²) in [6.45, 7) is 6.25. The molecule has 0 saturated carbocycles. The number of fused-ring (bicyclic) bond motifs is 1. The van der Waals surface area contributed by atoms with Crippen LogP contribution in [0.4, 0.5) is 5.82 Å². The number of aryl methyl sites for hydroxylation is 3. The fourth-order valence-electron chi connectivity index (χ4n) is 2.19. The molecule has 0 aliphatic heterocycles. The van der Waals surface area contributed by atoms with E-state index in [4.69, 9.17) is 0 Å². The van der Waals surface area contributed by atoms with E-state index < -0.39 is 0 Å². The number of hydrazone groups is 1. The Morgan fingerprint density at radius 3 is 2.86 bits per heavy atom. The van der Waals surface area contributed by atoms with Crippen molar-refractivity contribution < 1.29 is 0 Å². The van der Waals surface area contributed by atoms with Crippen LogP contribution in [-0.4, -0.2) is 16.2 Å². The number of benzene rings is 1. The largest absolute Gasteiger partial charge is 0.261 e. The molecular formula is C16H16N4S. The molecule has 0 spiro atoms. The van der Waals surface area contributed by atoms with Gasteiger partial charge in [0.15, 0.2) is 5.82 Å². The van der Waals surface area contributed by atoms with E-state index in [1.807, 2.05) is 12.1 Å². The number of thiophene rings is 1. The van der Waals surface area contributed by atoms with Crippen LogP contribution in [0.25, 0.3) is 10.2 Å². The van der Waals surface area contributed by atoms with Crippen LogP contribution in [0.5, 0.6) is 0 Å². The topological polar surface area (TPSA) is 50.2 Å². The summed E-state index contributed by atoms with van der Waals surface area (Å²) in [4.78, 5) is 10.9. The molecule has 1 N–H and O–H groups in total. The second-order valence-corrected chi connectivity index (χ2v) is 6.17. The van der Waals surface area contributed by atoms with Crippen LogP contribution in [0.2, 0.25) is 0 Å². The Labute approximate surface area is 127 Å². The minimum Gasteiger partial charge on any atom is -0.261 e. The smallest absolute Gasteiger partial charge is 0.158 e. The molecule has 2 heterocycles. The first kappa shape index (κ1) is 13.7. The summed E-state index contributed by atoms with van der Waals surface area (Å²) in [5, 5.41) is 5.35. The summed E-state index contributed by atoms with van der Waals surface area (Å²) in [7, 11) is 0. The first-order valence-corrected chi connectivity index (χ1v) is 7.53. The second-order valence-electron chi connectivity index (χ2n) is 4.97. The zero-order valence-corrected chi connectivity index (χ0v) is 13.0. The van der Waals surface area contributed by atoms with E-state index in [1.54, 1.807) is 23.9 Å². The third kappa shape index (κ3) is 2.78. The molecule has 2 aromatic heterocycles. The maximum absolute atomic E-state index is 4.32. The summed E-state index contributed by atoms with van der Waals surface area (Å²) in [6, 6.07) is 8.19. The van der Waals surface area contributed by atoms with Crippen LogP contribution in [0.3, 0.4) is 0 Å². The fraction of sp³-hybridized carbons (Fsp3) is 0.188. The molecule has 1 aromatic carbocycles. The molecule has 0 atom stereocenters. The van der Waals surface area contributed by atoms with E-state index in [0.717, 1.165) is 21.6 Å². The van der Waals surface area contributed by atoms with Gasteiger partial charge in [-0.3, -0.25) is 5.43 Å². The van der Waals surface area contributed by atoms with Crippen molar-refractivity contribution in [1.82, 2.24) is 9.97 Å². The SMILES string of the molecule is Cc1cccc(/C=N\Nc2ncnc3sc(C)c(C)c23)c1. The highest BCUT2D eigenvalue weighted by atomic mass is 32.1. The van der Waals surface area contributed by atoms with Gasteiger partial charge in [-0.1, -0.05) is 29.8 Å². The summed E-state index contributed by atoms with van der Waals surface area (Å²) in [5.41, 5.74) is 6.52. The molecule has 0 aliphatic carbocycles. The summed E-state index contributed by atoms with van der Waals surface area (Å²) in [5.74, 6) is 0.755. The molecule has 106 valence electrons. The van der Waals surface area contributed by atoms with Gasteiger partial charge in [0.05, 0.1) is 11.6 Å². The first-order valence-electron chi connectivity index (χ1n) is 6.71. The van der Waals surface area contributed by atoms with Crippen LogP contribution in [-0.2, 0) is 0 Å². The molecule has 3 aromatic rings. The van der Waals surface area contributed by atoms with Crippen molar-refractivity contribution in [2.75, 3.05) is 5.43 Å². The van der Waals surface area contributed by atoms with Crippen LogP contribution < -0.4 is 5.43 Å². The zero-order chi connectivity index (χ0) is 14.8. The van der Waals surface area contributed by atoms with Gasteiger partial charge in [0.1, 0.15) is 11.2 Å². The van der Waals surface area contributed by atoms with Gasteiger partial charge in [0.25, 0.3) is 0 Å². The maximum Gasteiger partial charge on any atom is 0.158 e. The number of nitrogens with zero attached hydrogens (tertiary/aromatic N) is 3. The molecule has 3 rings (SSSR count). The molecule has 0 amide bonds. The van der Waals surface area contributed by atoms with E-state index in [9.17, 15) is 0 Å².